The van der Waals surface area contributed by atoms with Crippen molar-refractivity contribution >= 4 is 41.6 Å². The first-order chi connectivity index (χ1) is 8.79. The first-order valence-electron chi connectivity index (χ1n) is 5.71. The van der Waals surface area contributed by atoms with E-state index in [1.54, 1.807) is 0 Å². The van der Waals surface area contributed by atoms with Gasteiger partial charge in [0.2, 0.25) is 0 Å². The SMILES string of the molecule is Cc1c(C(=O)OCC2CC2)cc(Br)cc1S(=O)(=O)Cl. The summed E-state index contributed by atoms with van der Waals surface area (Å²) in [6, 6.07) is 2.91. The molecule has 0 unspecified atom stereocenters. The predicted octanol–water partition coefficient (Wildman–Crippen LogP) is 3.25. The van der Waals surface area contributed by atoms with Crippen molar-refractivity contribution in [1.29, 1.82) is 0 Å². The van der Waals surface area contributed by atoms with Crippen molar-refractivity contribution in [2.24, 2.45) is 5.92 Å². The van der Waals surface area contributed by atoms with Crippen molar-refractivity contribution in [3.8, 4) is 0 Å². The third-order valence-electron chi connectivity index (χ3n) is 2.95. The summed E-state index contributed by atoms with van der Waals surface area (Å²) in [7, 11) is 1.45. The highest BCUT2D eigenvalue weighted by Gasteiger charge is 2.25. The van der Waals surface area contributed by atoms with Gasteiger partial charge in [-0.1, -0.05) is 15.9 Å². The van der Waals surface area contributed by atoms with E-state index in [-0.39, 0.29) is 10.5 Å². The van der Waals surface area contributed by atoms with E-state index in [2.05, 4.69) is 15.9 Å². The zero-order chi connectivity index (χ0) is 14.2. The molecule has 4 nitrogen and oxygen atoms in total. The van der Waals surface area contributed by atoms with E-state index in [9.17, 15) is 13.2 Å². The van der Waals surface area contributed by atoms with Crippen molar-refractivity contribution in [1.82, 2.24) is 0 Å². The maximum Gasteiger partial charge on any atom is 0.338 e. The maximum absolute atomic E-state index is 11.9. The normalized spacial score (nSPS) is 15.3. The number of benzene rings is 1. The van der Waals surface area contributed by atoms with Crippen LogP contribution < -0.4 is 0 Å². The van der Waals surface area contributed by atoms with Crippen molar-refractivity contribution < 1.29 is 17.9 Å². The Morgan fingerprint density at radius 3 is 2.63 bits per heavy atom. The molecule has 1 saturated carbocycles. The lowest BCUT2D eigenvalue weighted by molar-refractivity contribution is 0.0485. The summed E-state index contributed by atoms with van der Waals surface area (Å²) in [5, 5.41) is 0. The maximum atomic E-state index is 11.9. The summed E-state index contributed by atoms with van der Waals surface area (Å²) < 4.78 is 28.5. The molecule has 0 aromatic heterocycles. The third kappa shape index (κ3) is 3.70. The van der Waals surface area contributed by atoms with Gasteiger partial charge >= 0.3 is 5.97 Å². The molecule has 1 aromatic rings. The average molecular weight is 368 g/mol. The Balaban J connectivity index is 2.33. The summed E-state index contributed by atoms with van der Waals surface area (Å²) in [5.74, 6) is -0.0695. The molecule has 1 fully saturated rings. The molecule has 2 rings (SSSR count). The number of hydrogen-bond acceptors (Lipinski definition) is 4. The molecule has 0 heterocycles. The van der Waals surface area contributed by atoms with Crippen LogP contribution in [0.4, 0.5) is 0 Å². The number of carbonyl (C=O) groups is 1. The average Bonchev–Trinajstić information content (AvgIpc) is 3.11. The van der Waals surface area contributed by atoms with Gasteiger partial charge in [0.15, 0.2) is 0 Å². The van der Waals surface area contributed by atoms with Gasteiger partial charge in [0.05, 0.1) is 17.1 Å². The van der Waals surface area contributed by atoms with Crippen LogP contribution in [0.3, 0.4) is 0 Å². The number of esters is 1. The van der Waals surface area contributed by atoms with E-state index in [0.29, 0.717) is 22.6 Å². The Morgan fingerprint density at radius 1 is 1.47 bits per heavy atom. The van der Waals surface area contributed by atoms with Gasteiger partial charge in [-0.05, 0) is 43.4 Å². The second kappa shape index (κ2) is 5.42. The van der Waals surface area contributed by atoms with Crippen molar-refractivity contribution in [3.05, 3.63) is 27.7 Å². The molecule has 1 aliphatic carbocycles. The highest BCUT2D eigenvalue weighted by atomic mass is 79.9. The third-order valence-corrected chi connectivity index (χ3v) is 4.86. The quantitative estimate of drug-likeness (QED) is 0.605. The van der Waals surface area contributed by atoms with Crippen molar-refractivity contribution in [2.45, 2.75) is 24.7 Å². The second-order valence-corrected chi connectivity index (χ2v) is 8.01. The number of rotatable bonds is 4. The summed E-state index contributed by atoms with van der Waals surface area (Å²) >= 11 is 3.17. The van der Waals surface area contributed by atoms with E-state index in [4.69, 9.17) is 15.4 Å². The molecule has 0 aliphatic heterocycles. The monoisotopic (exact) mass is 366 g/mol. The molecule has 104 valence electrons. The number of halogens is 2. The van der Waals surface area contributed by atoms with Gasteiger partial charge in [0.1, 0.15) is 0 Å². The molecule has 0 N–H and O–H groups in total. The summed E-state index contributed by atoms with van der Waals surface area (Å²) in [4.78, 5) is 11.9. The molecule has 1 aliphatic rings. The first kappa shape index (κ1) is 14.8. The number of carbonyl (C=O) groups excluding carboxylic acids is 1. The highest BCUT2D eigenvalue weighted by Crippen LogP contribution is 2.30. The van der Waals surface area contributed by atoms with Gasteiger partial charge in [-0.15, -0.1) is 0 Å². The van der Waals surface area contributed by atoms with Crippen molar-refractivity contribution in [2.75, 3.05) is 6.61 Å². The molecule has 7 heteroatoms. The van der Waals surface area contributed by atoms with Crippen LogP contribution in [0, 0.1) is 12.8 Å². The van der Waals surface area contributed by atoms with E-state index in [0.717, 1.165) is 12.8 Å². The van der Waals surface area contributed by atoms with Crippen LogP contribution >= 0.6 is 26.6 Å². The van der Waals surface area contributed by atoms with Gasteiger partial charge in [0, 0.05) is 15.2 Å². The topological polar surface area (TPSA) is 60.4 Å². The molecule has 1 aromatic carbocycles. The molecule has 0 radical (unpaired) electrons. The van der Waals surface area contributed by atoms with Crippen molar-refractivity contribution in [3.63, 3.8) is 0 Å². The van der Waals surface area contributed by atoms with E-state index in [1.807, 2.05) is 0 Å². The van der Waals surface area contributed by atoms with Crippen LogP contribution in [0.15, 0.2) is 21.5 Å². The van der Waals surface area contributed by atoms with Gasteiger partial charge in [-0.2, -0.15) is 0 Å². The molecular formula is C12H12BrClO4S. The lowest BCUT2D eigenvalue weighted by Crippen LogP contribution is -2.11. The number of ether oxygens (including phenoxy) is 1. The van der Waals surface area contributed by atoms with Crippen LogP contribution in [0.1, 0.15) is 28.8 Å². The van der Waals surface area contributed by atoms with Gasteiger partial charge in [-0.25, -0.2) is 13.2 Å². The Kier molecular flexibility index (Phi) is 4.23. The molecule has 19 heavy (non-hydrogen) atoms. The van der Waals surface area contributed by atoms with Gasteiger partial charge < -0.3 is 4.74 Å². The molecule has 0 bridgehead atoms. The molecule has 0 spiro atoms. The van der Waals surface area contributed by atoms with E-state index in [1.165, 1.54) is 19.1 Å². The summed E-state index contributed by atoms with van der Waals surface area (Å²) in [6.45, 7) is 1.92. The Hall–Kier alpha value is -0.590. The van der Waals surface area contributed by atoms with Crippen LogP contribution in [-0.4, -0.2) is 21.0 Å². The zero-order valence-electron chi connectivity index (χ0n) is 10.2. The zero-order valence-corrected chi connectivity index (χ0v) is 13.3. The highest BCUT2D eigenvalue weighted by molar-refractivity contribution is 9.10. The fraction of sp³-hybridized carbons (Fsp3) is 0.417. The van der Waals surface area contributed by atoms with Crippen LogP contribution in [0.2, 0.25) is 0 Å². The largest absolute Gasteiger partial charge is 0.462 e. The lowest BCUT2D eigenvalue weighted by atomic mass is 10.1. The summed E-state index contributed by atoms with van der Waals surface area (Å²) in [6.07, 6.45) is 2.15. The van der Waals surface area contributed by atoms with E-state index >= 15 is 0 Å². The minimum atomic E-state index is -3.90. The van der Waals surface area contributed by atoms with Gasteiger partial charge in [-0.3, -0.25) is 0 Å². The minimum absolute atomic E-state index is 0.0816. The number of hydrogen-bond donors (Lipinski definition) is 0. The standard InChI is InChI=1S/C12H12BrClO4S/c1-7-10(12(15)18-6-8-2-3-8)4-9(13)5-11(7)19(14,16)17/h4-5,8H,2-3,6H2,1H3. The minimum Gasteiger partial charge on any atom is -0.462 e. The molecule has 0 amide bonds. The Morgan fingerprint density at radius 2 is 2.11 bits per heavy atom. The fourth-order valence-electron chi connectivity index (χ4n) is 1.68. The predicted molar refractivity (Wildman–Crippen MR) is 74.9 cm³/mol. The van der Waals surface area contributed by atoms with Crippen LogP contribution in [-0.2, 0) is 13.8 Å². The molecule has 0 atom stereocenters. The first-order valence-corrected chi connectivity index (χ1v) is 8.81. The lowest BCUT2D eigenvalue weighted by Gasteiger charge is -2.10. The fourth-order valence-corrected chi connectivity index (χ4v) is 3.51. The molecule has 0 saturated heterocycles. The van der Waals surface area contributed by atoms with Crippen LogP contribution in [0.5, 0.6) is 0 Å². The molecular weight excluding hydrogens is 356 g/mol. The Bertz CT molecular complexity index is 623. The van der Waals surface area contributed by atoms with E-state index < -0.39 is 15.0 Å². The smallest absolute Gasteiger partial charge is 0.338 e. The Labute approximate surface area is 124 Å². The summed E-state index contributed by atoms with van der Waals surface area (Å²) in [5.41, 5.74) is 0.522. The second-order valence-electron chi connectivity index (χ2n) is 4.56. The van der Waals surface area contributed by atoms with Crippen LogP contribution in [0.25, 0.3) is 0 Å². The van der Waals surface area contributed by atoms with Gasteiger partial charge in [0.25, 0.3) is 9.05 Å².